The fourth-order valence-electron chi connectivity index (χ4n) is 5.54. The van der Waals surface area contributed by atoms with Crippen molar-refractivity contribution in [3.8, 4) is 0 Å². The molecule has 0 radical (unpaired) electrons. The maximum absolute atomic E-state index is 12.8. The third-order valence-electron chi connectivity index (χ3n) is 6.56. The van der Waals surface area contributed by atoms with E-state index in [0.29, 0.717) is 28.6 Å². The number of carbonyl (C=O) groups excluding carboxylic acids is 1. The van der Waals surface area contributed by atoms with Gasteiger partial charge in [0.1, 0.15) is 5.69 Å². The van der Waals surface area contributed by atoms with Crippen molar-refractivity contribution < 1.29 is 9.90 Å². The number of nitrogens with zero attached hydrogens (tertiary/aromatic N) is 2. The van der Waals surface area contributed by atoms with E-state index in [2.05, 4.69) is 20.6 Å². The molecule has 3 aliphatic rings. The molecule has 0 saturated heterocycles. The summed E-state index contributed by atoms with van der Waals surface area (Å²) < 4.78 is 0. The second-order valence-corrected chi connectivity index (χ2v) is 9.28. The minimum absolute atomic E-state index is 0.104. The Kier molecular flexibility index (Phi) is 4.16. The third kappa shape index (κ3) is 3.34. The number of hydrogen-bond donors (Lipinski definition) is 3. The van der Waals surface area contributed by atoms with E-state index in [9.17, 15) is 9.90 Å². The molecule has 2 aromatic rings. The highest BCUT2D eigenvalue weighted by atomic mass is 32.1. The molecule has 3 fully saturated rings. The summed E-state index contributed by atoms with van der Waals surface area (Å²) in [5, 5.41) is 19.7. The van der Waals surface area contributed by atoms with Gasteiger partial charge in [-0.2, -0.15) is 0 Å². The van der Waals surface area contributed by atoms with Crippen LogP contribution in [0.4, 0.5) is 10.8 Å². The first kappa shape index (κ1) is 17.1. The SMILES string of the molecule is O=C(N[C@H]1CCC2CC3C[C@@](O)(C2)CC31)c1csc(Nc2ccncc2)n1. The maximum Gasteiger partial charge on any atom is 0.271 e. The second-order valence-electron chi connectivity index (χ2n) is 8.42. The molecule has 3 N–H and O–H groups in total. The number of carbonyl (C=O) groups is 1. The van der Waals surface area contributed by atoms with Crippen LogP contribution in [-0.2, 0) is 0 Å². The first-order valence-electron chi connectivity index (χ1n) is 9.74. The van der Waals surface area contributed by atoms with Crippen LogP contribution in [-0.4, -0.2) is 32.6 Å². The summed E-state index contributed by atoms with van der Waals surface area (Å²) in [7, 11) is 0. The van der Waals surface area contributed by atoms with Crippen LogP contribution in [0.5, 0.6) is 0 Å². The average Bonchev–Trinajstić information content (AvgIpc) is 3.17. The Labute approximate surface area is 162 Å². The van der Waals surface area contributed by atoms with E-state index in [0.717, 1.165) is 37.8 Å². The average molecular weight is 385 g/mol. The summed E-state index contributed by atoms with van der Waals surface area (Å²) in [6, 6.07) is 3.88. The fraction of sp³-hybridized carbons (Fsp3) is 0.550. The van der Waals surface area contributed by atoms with Crippen LogP contribution in [0.2, 0.25) is 0 Å². The molecule has 5 atom stereocenters. The van der Waals surface area contributed by atoms with Crippen molar-refractivity contribution >= 4 is 28.1 Å². The molecule has 3 bridgehead atoms. The van der Waals surface area contributed by atoms with Crippen LogP contribution in [0.15, 0.2) is 29.9 Å². The Morgan fingerprint density at radius 2 is 2.07 bits per heavy atom. The van der Waals surface area contributed by atoms with Crippen molar-refractivity contribution in [3.63, 3.8) is 0 Å². The van der Waals surface area contributed by atoms with Gasteiger partial charge in [-0.1, -0.05) is 0 Å². The zero-order valence-electron chi connectivity index (χ0n) is 15.1. The molecule has 3 aliphatic carbocycles. The van der Waals surface area contributed by atoms with Crippen molar-refractivity contribution in [1.82, 2.24) is 15.3 Å². The summed E-state index contributed by atoms with van der Waals surface area (Å²) in [4.78, 5) is 21.2. The fourth-order valence-corrected chi connectivity index (χ4v) is 6.25. The lowest BCUT2D eigenvalue weighted by atomic mass is 9.77. The lowest BCUT2D eigenvalue weighted by Crippen LogP contribution is -2.42. The Hall–Kier alpha value is -1.99. The van der Waals surface area contributed by atoms with E-state index in [1.165, 1.54) is 17.8 Å². The molecule has 1 amide bonds. The van der Waals surface area contributed by atoms with Gasteiger partial charge in [0.05, 0.1) is 5.60 Å². The van der Waals surface area contributed by atoms with Gasteiger partial charge in [0.25, 0.3) is 5.91 Å². The first-order valence-corrected chi connectivity index (χ1v) is 10.6. The van der Waals surface area contributed by atoms with Gasteiger partial charge in [-0.25, -0.2) is 4.98 Å². The number of amides is 1. The first-order chi connectivity index (χ1) is 13.1. The lowest BCUT2D eigenvalue weighted by molar-refractivity contribution is -0.00594. The van der Waals surface area contributed by atoms with E-state index in [4.69, 9.17) is 0 Å². The summed E-state index contributed by atoms with van der Waals surface area (Å²) in [6.45, 7) is 0. The van der Waals surface area contributed by atoms with Gasteiger partial charge in [0, 0.05) is 29.5 Å². The van der Waals surface area contributed by atoms with Crippen LogP contribution >= 0.6 is 11.3 Å². The number of aliphatic hydroxyl groups is 1. The van der Waals surface area contributed by atoms with Crippen LogP contribution in [0.3, 0.4) is 0 Å². The normalized spacial score (nSPS) is 34.3. The molecular weight excluding hydrogens is 360 g/mol. The number of fused-ring (bicyclic) bond motifs is 2. The molecule has 27 heavy (non-hydrogen) atoms. The van der Waals surface area contributed by atoms with Crippen LogP contribution in [0.1, 0.15) is 49.0 Å². The molecule has 3 unspecified atom stereocenters. The lowest BCUT2D eigenvalue weighted by Gasteiger charge is -2.33. The number of anilines is 2. The Balaban J connectivity index is 1.27. The van der Waals surface area contributed by atoms with E-state index < -0.39 is 5.60 Å². The molecule has 2 heterocycles. The van der Waals surface area contributed by atoms with Gasteiger partial charge in [0.2, 0.25) is 0 Å². The Bertz CT molecular complexity index is 842. The Morgan fingerprint density at radius 3 is 2.93 bits per heavy atom. The molecule has 0 aliphatic heterocycles. The highest BCUT2D eigenvalue weighted by Gasteiger charge is 2.53. The molecule has 0 aromatic carbocycles. The Morgan fingerprint density at radius 1 is 1.22 bits per heavy atom. The molecule has 3 saturated carbocycles. The van der Waals surface area contributed by atoms with E-state index >= 15 is 0 Å². The summed E-state index contributed by atoms with van der Waals surface area (Å²) in [6.07, 6.45) is 9.47. The predicted octanol–water partition coefficient (Wildman–Crippen LogP) is 3.34. The highest BCUT2D eigenvalue weighted by Crippen LogP contribution is 2.55. The minimum Gasteiger partial charge on any atom is -0.390 e. The largest absolute Gasteiger partial charge is 0.390 e. The van der Waals surface area contributed by atoms with Crippen molar-refractivity contribution in [2.24, 2.45) is 17.8 Å². The number of rotatable bonds is 4. The zero-order chi connectivity index (χ0) is 18.4. The van der Waals surface area contributed by atoms with Gasteiger partial charge in [0.15, 0.2) is 5.13 Å². The molecular formula is C20H24N4O2S. The monoisotopic (exact) mass is 384 g/mol. The number of pyridine rings is 1. The summed E-state index contributed by atoms with van der Waals surface area (Å²) >= 11 is 1.42. The molecule has 6 nitrogen and oxygen atoms in total. The quantitative estimate of drug-likeness (QED) is 0.753. The van der Waals surface area contributed by atoms with E-state index in [1.807, 2.05) is 12.1 Å². The van der Waals surface area contributed by atoms with Gasteiger partial charge in [-0.05, 0) is 68.4 Å². The smallest absolute Gasteiger partial charge is 0.271 e. The topological polar surface area (TPSA) is 87.1 Å². The number of hydrogen-bond acceptors (Lipinski definition) is 6. The van der Waals surface area contributed by atoms with Crippen LogP contribution in [0.25, 0.3) is 0 Å². The molecule has 0 spiro atoms. The zero-order valence-corrected chi connectivity index (χ0v) is 15.9. The van der Waals surface area contributed by atoms with Crippen molar-refractivity contribution in [2.45, 2.75) is 50.2 Å². The van der Waals surface area contributed by atoms with Gasteiger partial charge in [-0.15, -0.1) is 11.3 Å². The van der Waals surface area contributed by atoms with Crippen LogP contribution in [0, 0.1) is 17.8 Å². The molecule has 142 valence electrons. The van der Waals surface area contributed by atoms with E-state index in [1.54, 1.807) is 17.8 Å². The second kappa shape index (κ2) is 6.56. The molecule has 5 rings (SSSR count). The predicted molar refractivity (Wildman–Crippen MR) is 104 cm³/mol. The highest BCUT2D eigenvalue weighted by molar-refractivity contribution is 7.14. The van der Waals surface area contributed by atoms with Crippen molar-refractivity contribution in [1.29, 1.82) is 0 Å². The number of aromatic nitrogens is 2. The van der Waals surface area contributed by atoms with Gasteiger partial charge < -0.3 is 15.7 Å². The molecule has 2 aromatic heterocycles. The van der Waals surface area contributed by atoms with Crippen molar-refractivity contribution in [2.75, 3.05) is 5.32 Å². The standard InChI is InChI=1S/C20H24N4O2S/c25-18(17-11-27-19(24-17)22-14-3-5-21-6-4-14)23-16-2-1-12-7-13-9-20(26,8-12)10-15(13)16/h3-6,11-13,15-16,26H,1-2,7-10H2,(H,23,25)(H,21,22,24)/t12?,13?,15?,16-,20-/m0/s1. The summed E-state index contributed by atoms with van der Waals surface area (Å²) in [5.41, 5.74) is 0.875. The number of thiazole rings is 1. The third-order valence-corrected chi connectivity index (χ3v) is 7.31. The van der Waals surface area contributed by atoms with Crippen molar-refractivity contribution in [3.05, 3.63) is 35.6 Å². The van der Waals surface area contributed by atoms with Gasteiger partial charge in [-0.3, -0.25) is 9.78 Å². The molecule has 7 heteroatoms. The minimum atomic E-state index is -0.482. The number of nitrogens with one attached hydrogen (secondary N) is 2. The van der Waals surface area contributed by atoms with Gasteiger partial charge >= 0.3 is 0 Å². The maximum atomic E-state index is 12.8. The van der Waals surface area contributed by atoms with Crippen LogP contribution < -0.4 is 10.6 Å². The summed E-state index contributed by atoms with van der Waals surface area (Å²) in [5.74, 6) is 1.48. The van der Waals surface area contributed by atoms with E-state index in [-0.39, 0.29) is 11.9 Å².